The maximum atomic E-state index is 6.17. The van der Waals surface area contributed by atoms with Crippen molar-refractivity contribution in [1.82, 2.24) is 9.97 Å². The van der Waals surface area contributed by atoms with E-state index < -0.39 is 0 Å². The topological polar surface area (TPSA) is 25.8 Å². The molecule has 19 heavy (non-hydrogen) atoms. The van der Waals surface area contributed by atoms with E-state index in [0.717, 1.165) is 22.2 Å². The molecule has 1 aromatic carbocycles. The minimum Gasteiger partial charge on any atom is -0.232 e. The zero-order chi connectivity index (χ0) is 14.0. The van der Waals surface area contributed by atoms with E-state index in [1.807, 2.05) is 24.3 Å². The van der Waals surface area contributed by atoms with Gasteiger partial charge in [-0.05, 0) is 40.4 Å². The van der Waals surface area contributed by atoms with Crippen LogP contribution >= 0.6 is 39.1 Å². The van der Waals surface area contributed by atoms with Gasteiger partial charge in [-0.25, -0.2) is 9.97 Å². The Hall–Kier alpha value is -0.640. The highest BCUT2D eigenvalue weighted by molar-refractivity contribution is 9.10. The second-order valence-electron chi connectivity index (χ2n) is 4.68. The van der Waals surface area contributed by atoms with E-state index in [9.17, 15) is 0 Å². The van der Waals surface area contributed by atoms with Gasteiger partial charge in [0.2, 0.25) is 0 Å². The standard InChI is InChI=1S/C14H13BrCl2N2/c1-8(2)7-11-12(15)13(17)19-14(18-11)9-5-3-4-6-10(9)16/h3-6,8H,7H2,1-2H3. The van der Waals surface area contributed by atoms with Crippen LogP contribution in [-0.4, -0.2) is 9.97 Å². The van der Waals surface area contributed by atoms with Crippen LogP contribution in [0.2, 0.25) is 10.2 Å². The largest absolute Gasteiger partial charge is 0.232 e. The SMILES string of the molecule is CC(C)Cc1nc(-c2ccccc2Cl)nc(Cl)c1Br. The van der Waals surface area contributed by atoms with E-state index >= 15 is 0 Å². The lowest BCUT2D eigenvalue weighted by Crippen LogP contribution is -2.03. The quantitative estimate of drug-likeness (QED) is 0.684. The molecule has 0 radical (unpaired) electrons. The molecule has 0 saturated carbocycles. The Morgan fingerprint density at radius 1 is 1.16 bits per heavy atom. The predicted octanol–water partition coefficient (Wildman–Crippen LogP) is 5.41. The second kappa shape index (κ2) is 6.21. The molecule has 100 valence electrons. The maximum absolute atomic E-state index is 6.17. The Bertz CT molecular complexity index is 600. The van der Waals surface area contributed by atoms with Gasteiger partial charge in [0, 0.05) is 5.56 Å². The molecule has 1 heterocycles. The number of halogens is 3. The van der Waals surface area contributed by atoms with E-state index in [1.165, 1.54) is 0 Å². The van der Waals surface area contributed by atoms with Crippen LogP contribution in [0.4, 0.5) is 0 Å². The molecule has 0 bridgehead atoms. The molecule has 0 atom stereocenters. The highest BCUT2D eigenvalue weighted by atomic mass is 79.9. The first-order valence-electron chi connectivity index (χ1n) is 5.96. The number of benzene rings is 1. The van der Waals surface area contributed by atoms with Crippen LogP contribution in [0.25, 0.3) is 11.4 Å². The van der Waals surface area contributed by atoms with Gasteiger partial charge in [0.15, 0.2) is 5.82 Å². The normalized spacial score (nSPS) is 11.1. The summed E-state index contributed by atoms with van der Waals surface area (Å²) in [6.45, 7) is 4.27. The van der Waals surface area contributed by atoms with Crippen LogP contribution in [0.5, 0.6) is 0 Å². The van der Waals surface area contributed by atoms with Gasteiger partial charge in [0.1, 0.15) is 5.15 Å². The van der Waals surface area contributed by atoms with Crippen molar-refractivity contribution in [2.45, 2.75) is 20.3 Å². The highest BCUT2D eigenvalue weighted by Gasteiger charge is 2.14. The molecule has 0 N–H and O–H groups in total. The number of nitrogens with zero attached hydrogens (tertiary/aromatic N) is 2. The molecule has 0 spiro atoms. The molecule has 0 saturated heterocycles. The third-order valence-electron chi connectivity index (χ3n) is 2.60. The molecular formula is C14H13BrCl2N2. The molecule has 0 aliphatic heterocycles. The summed E-state index contributed by atoms with van der Waals surface area (Å²) in [4.78, 5) is 8.87. The molecule has 0 amide bonds. The Morgan fingerprint density at radius 2 is 1.84 bits per heavy atom. The molecule has 5 heteroatoms. The zero-order valence-electron chi connectivity index (χ0n) is 10.6. The molecule has 0 fully saturated rings. The van der Waals surface area contributed by atoms with Crippen LogP contribution in [0.3, 0.4) is 0 Å². The van der Waals surface area contributed by atoms with Gasteiger partial charge in [-0.3, -0.25) is 0 Å². The van der Waals surface area contributed by atoms with E-state index in [2.05, 4.69) is 39.7 Å². The van der Waals surface area contributed by atoms with Crippen molar-refractivity contribution in [3.8, 4) is 11.4 Å². The van der Waals surface area contributed by atoms with Crippen LogP contribution in [0.15, 0.2) is 28.7 Å². The summed E-state index contributed by atoms with van der Waals surface area (Å²) in [5.74, 6) is 1.05. The average molecular weight is 360 g/mol. The van der Waals surface area contributed by atoms with Crippen molar-refractivity contribution < 1.29 is 0 Å². The second-order valence-corrected chi connectivity index (χ2v) is 6.23. The average Bonchev–Trinajstić information content (AvgIpc) is 2.35. The van der Waals surface area contributed by atoms with E-state index in [0.29, 0.717) is 21.9 Å². The number of aromatic nitrogens is 2. The minimum atomic E-state index is 0.417. The predicted molar refractivity (Wildman–Crippen MR) is 83.7 cm³/mol. The van der Waals surface area contributed by atoms with Crippen molar-refractivity contribution in [3.63, 3.8) is 0 Å². The Labute approximate surface area is 131 Å². The number of hydrogen-bond donors (Lipinski definition) is 0. The maximum Gasteiger partial charge on any atom is 0.162 e. The van der Waals surface area contributed by atoms with Gasteiger partial charge in [-0.2, -0.15) is 0 Å². The summed E-state index contributed by atoms with van der Waals surface area (Å²) in [5, 5.41) is 1.04. The Kier molecular flexibility index (Phi) is 4.82. The van der Waals surface area contributed by atoms with Gasteiger partial charge in [0.05, 0.1) is 15.2 Å². The molecule has 1 aromatic heterocycles. The monoisotopic (exact) mass is 358 g/mol. The summed E-state index contributed by atoms with van der Waals surface area (Å²) < 4.78 is 0.763. The summed E-state index contributed by atoms with van der Waals surface area (Å²) in [5.41, 5.74) is 1.70. The molecule has 2 aromatic rings. The summed E-state index contributed by atoms with van der Waals surface area (Å²) in [6, 6.07) is 7.49. The number of rotatable bonds is 3. The van der Waals surface area contributed by atoms with Crippen LogP contribution in [0, 0.1) is 5.92 Å². The third kappa shape index (κ3) is 3.47. The molecular weight excluding hydrogens is 347 g/mol. The first kappa shape index (κ1) is 14.8. The lowest BCUT2D eigenvalue weighted by molar-refractivity contribution is 0.632. The smallest absolute Gasteiger partial charge is 0.162 e. The molecule has 0 aliphatic carbocycles. The van der Waals surface area contributed by atoms with Crippen molar-refractivity contribution in [2.24, 2.45) is 5.92 Å². The minimum absolute atomic E-state index is 0.417. The lowest BCUT2D eigenvalue weighted by Gasteiger charge is -2.10. The fraction of sp³-hybridized carbons (Fsp3) is 0.286. The first-order valence-corrected chi connectivity index (χ1v) is 7.50. The summed E-state index contributed by atoms with van der Waals surface area (Å²) in [7, 11) is 0. The van der Waals surface area contributed by atoms with Gasteiger partial charge in [0.25, 0.3) is 0 Å². The summed E-state index contributed by atoms with van der Waals surface area (Å²) >= 11 is 15.8. The van der Waals surface area contributed by atoms with Crippen molar-refractivity contribution >= 4 is 39.1 Å². The first-order chi connectivity index (χ1) is 8.99. The molecule has 2 rings (SSSR count). The van der Waals surface area contributed by atoms with E-state index in [1.54, 1.807) is 0 Å². The fourth-order valence-corrected chi connectivity index (χ4v) is 2.50. The Balaban J connectivity index is 2.54. The van der Waals surface area contributed by atoms with Gasteiger partial charge >= 0.3 is 0 Å². The molecule has 2 nitrogen and oxygen atoms in total. The van der Waals surface area contributed by atoms with Crippen molar-refractivity contribution in [1.29, 1.82) is 0 Å². The Morgan fingerprint density at radius 3 is 2.47 bits per heavy atom. The lowest BCUT2D eigenvalue weighted by atomic mass is 10.1. The van der Waals surface area contributed by atoms with Crippen molar-refractivity contribution in [3.05, 3.63) is 44.6 Å². The highest BCUT2D eigenvalue weighted by Crippen LogP contribution is 2.31. The van der Waals surface area contributed by atoms with Gasteiger partial charge < -0.3 is 0 Å². The number of hydrogen-bond acceptors (Lipinski definition) is 2. The van der Waals surface area contributed by atoms with Crippen LogP contribution in [0.1, 0.15) is 19.5 Å². The third-order valence-corrected chi connectivity index (χ3v) is 4.26. The molecule has 0 aliphatic rings. The van der Waals surface area contributed by atoms with E-state index in [4.69, 9.17) is 23.2 Å². The van der Waals surface area contributed by atoms with Gasteiger partial charge in [-0.1, -0.05) is 49.2 Å². The fourth-order valence-electron chi connectivity index (χ4n) is 1.75. The molecule has 0 unspecified atom stereocenters. The zero-order valence-corrected chi connectivity index (χ0v) is 13.7. The summed E-state index contributed by atoms with van der Waals surface area (Å²) in [6.07, 6.45) is 0.834. The van der Waals surface area contributed by atoms with E-state index in [-0.39, 0.29) is 0 Å². The van der Waals surface area contributed by atoms with Crippen LogP contribution in [-0.2, 0) is 6.42 Å². The van der Waals surface area contributed by atoms with Gasteiger partial charge in [-0.15, -0.1) is 0 Å². The van der Waals surface area contributed by atoms with Crippen molar-refractivity contribution in [2.75, 3.05) is 0 Å². The van der Waals surface area contributed by atoms with Crippen LogP contribution < -0.4 is 0 Å².